The van der Waals surface area contributed by atoms with Crippen LogP contribution in [-0.2, 0) is 4.74 Å². The predicted octanol–water partition coefficient (Wildman–Crippen LogP) is 1.04. The predicted molar refractivity (Wildman–Crippen MR) is 67.9 cm³/mol. The average Bonchev–Trinajstić information content (AvgIpc) is 2.40. The number of H-pyrrole nitrogens is 1. The van der Waals surface area contributed by atoms with Crippen molar-refractivity contribution in [3.8, 4) is 0 Å². The summed E-state index contributed by atoms with van der Waals surface area (Å²) in [5, 5.41) is 0.559. The van der Waals surface area contributed by atoms with Crippen molar-refractivity contribution in [2.45, 2.75) is 18.9 Å². The molecule has 2 aromatic rings. The Hall–Kier alpha value is -1.88. The fourth-order valence-corrected chi connectivity index (χ4v) is 2.45. The first-order valence-corrected chi connectivity index (χ1v) is 6.08. The number of para-hydroxylation sites is 1. The first-order valence-electron chi connectivity index (χ1n) is 6.08. The zero-order valence-electron chi connectivity index (χ0n) is 9.89. The van der Waals surface area contributed by atoms with Gasteiger partial charge in [-0.25, -0.2) is 4.79 Å². The molecule has 0 aliphatic carbocycles. The van der Waals surface area contributed by atoms with Crippen molar-refractivity contribution in [1.29, 1.82) is 0 Å². The van der Waals surface area contributed by atoms with Crippen LogP contribution in [0.5, 0.6) is 0 Å². The monoisotopic (exact) mass is 246 g/mol. The van der Waals surface area contributed by atoms with Gasteiger partial charge in [-0.1, -0.05) is 12.1 Å². The maximum Gasteiger partial charge on any atom is 0.329 e. The van der Waals surface area contributed by atoms with Gasteiger partial charge in [-0.2, -0.15) is 0 Å². The molecule has 5 nitrogen and oxygen atoms in total. The normalized spacial score (nSPS) is 17.1. The second-order valence-corrected chi connectivity index (χ2v) is 4.49. The van der Waals surface area contributed by atoms with Crippen molar-refractivity contribution in [1.82, 2.24) is 9.55 Å². The molecular formula is C13H14N2O3. The Morgan fingerprint density at radius 1 is 1.17 bits per heavy atom. The topological polar surface area (TPSA) is 64.1 Å². The van der Waals surface area contributed by atoms with E-state index in [4.69, 9.17) is 4.74 Å². The average molecular weight is 246 g/mol. The Morgan fingerprint density at radius 2 is 1.89 bits per heavy atom. The van der Waals surface area contributed by atoms with Crippen molar-refractivity contribution < 1.29 is 4.74 Å². The molecule has 3 rings (SSSR count). The van der Waals surface area contributed by atoms with E-state index >= 15 is 0 Å². The third-order valence-electron chi connectivity index (χ3n) is 3.39. The highest BCUT2D eigenvalue weighted by molar-refractivity contribution is 5.76. The van der Waals surface area contributed by atoms with Crippen LogP contribution < -0.4 is 11.2 Å². The van der Waals surface area contributed by atoms with E-state index < -0.39 is 0 Å². The molecule has 0 amide bonds. The number of ether oxygens (including phenoxy) is 1. The van der Waals surface area contributed by atoms with Crippen LogP contribution in [0.25, 0.3) is 10.9 Å². The van der Waals surface area contributed by atoms with Gasteiger partial charge in [-0.3, -0.25) is 9.36 Å². The Balaban J connectivity index is 2.22. The molecule has 0 bridgehead atoms. The minimum Gasteiger partial charge on any atom is -0.381 e. The summed E-state index contributed by atoms with van der Waals surface area (Å²) in [5.74, 6) is 0. The molecule has 0 radical (unpaired) electrons. The van der Waals surface area contributed by atoms with Gasteiger partial charge in [0.05, 0.1) is 10.9 Å². The van der Waals surface area contributed by atoms with Gasteiger partial charge >= 0.3 is 5.69 Å². The number of hydrogen-bond acceptors (Lipinski definition) is 3. The lowest BCUT2D eigenvalue weighted by Gasteiger charge is -2.23. The molecule has 0 spiro atoms. The summed E-state index contributed by atoms with van der Waals surface area (Å²) in [6.45, 7) is 1.20. The maximum absolute atomic E-state index is 12.4. The Kier molecular flexibility index (Phi) is 2.76. The molecule has 1 saturated heterocycles. The van der Waals surface area contributed by atoms with Crippen molar-refractivity contribution in [3.05, 3.63) is 45.1 Å². The summed E-state index contributed by atoms with van der Waals surface area (Å²) in [7, 11) is 0. The summed E-state index contributed by atoms with van der Waals surface area (Å²) in [4.78, 5) is 27.1. The minimum absolute atomic E-state index is 0.0559. The highest BCUT2D eigenvalue weighted by atomic mass is 16.5. The first-order chi connectivity index (χ1) is 8.77. The number of nitrogens with zero attached hydrogens (tertiary/aromatic N) is 1. The van der Waals surface area contributed by atoms with Crippen LogP contribution in [0.15, 0.2) is 33.9 Å². The molecule has 18 heavy (non-hydrogen) atoms. The van der Waals surface area contributed by atoms with Crippen molar-refractivity contribution >= 4 is 10.9 Å². The molecule has 5 heteroatoms. The van der Waals surface area contributed by atoms with Crippen molar-refractivity contribution in [3.63, 3.8) is 0 Å². The van der Waals surface area contributed by atoms with Gasteiger partial charge in [0, 0.05) is 19.3 Å². The van der Waals surface area contributed by atoms with Crippen LogP contribution in [0.4, 0.5) is 0 Å². The molecule has 0 atom stereocenters. The molecule has 1 aromatic carbocycles. The standard InChI is InChI=1S/C13H14N2O3/c16-12-10-3-1-2-4-11(10)14-13(17)15(12)9-5-7-18-8-6-9/h1-4,9H,5-8H2,(H,14,17). The van der Waals surface area contributed by atoms with E-state index in [9.17, 15) is 9.59 Å². The third-order valence-corrected chi connectivity index (χ3v) is 3.39. The molecular weight excluding hydrogens is 232 g/mol. The molecule has 94 valence electrons. The summed E-state index contributed by atoms with van der Waals surface area (Å²) < 4.78 is 6.60. The number of aromatic amines is 1. The second-order valence-electron chi connectivity index (χ2n) is 4.49. The molecule has 1 aromatic heterocycles. The zero-order valence-corrected chi connectivity index (χ0v) is 9.89. The Morgan fingerprint density at radius 3 is 2.67 bits per heavy atom. The van der Waals surface area contributed by atoms with Crippen molar-refractivity contribution in [2.75, 3.05) is 13.2 Å². The fraction of sp³-hybridized carbons (Fsp3) is 0.385. The van der Waals surface area contributed by atoms with Crippen LogP contribution in [0.3, 0.4) is 0 Å². The van der Waals surface area contributed by atoms with E-state index in [1.54, 1.807) is 24.3 Å². The Labute approximate surface area is 103 Å². The van der Waals surface area contributed by atoms with Gasteiger partial charge in [0.2, 0.25) is 0 Å². The van der Waals surface area contributed by atoms with Crippen molar-refractivity contribution in [2.24, 2.45) is 0 Å². The van der Waals surface area contributed by atoms with E-state index in [2.05, 4.69) is 4.98 Å². The largest absolute Gasteiger partial charge is 0.381 e. The molecule has 1 aliphatic rings. The van der Waals surface area contributed by atoms with Gasteiger partial charge in [-0.05, 0) is 25.0 Å². The van der Waals surface area contributed by atoms with Crippen LogP contribution in [0, 0.1) is 0 Å². The van der Waals surface area contributed by atoms with Crippen LogP contribution in [0.2, 0.25) is 0 Å². The molecule has 0 saturated carbocycles. The number of rotatable bonds is 1. The SMILES string of the molecule is O=c1[nH]c2ccccc2c(=O)n1C1CCOCC1. The van der Waals surface area contributed by atoms with Gasteiger partial charge in [0.25, 0.3) is 5.56 Å². The lowest BCUT2D eigenvalue weighted by Crippen LogP contribution is -2.40. The number of aromatic nitrogens is 2. The lowest BCUT2D eigenvalue weighted by molar-refractivity contribution is 0.0676. The summed E-state index contributed by atoms with van der Waals surface area (Å²) >= 11 is 0. The van der Waals surface area contributed by atoms with E-state index in [0.717, 1.165) is 0 Å². The first kappa shape index (κ1) is 11.2. The van der Waals surface area contributed by atoms with Gasteiger partial charge in [-0.15, -0.1) is 0 Å². The molecule has 1 aliphatic heterocycles. The second kappa shape index (κ2) is 4.42. The number of fused-ring (bicyclic) bond motifs is 1. The third kappa shape index (κ3) is 1.76. The van der Waals surface area contributed by atoms with Gasteiger partial charge in [0.1, 0.15) is 0 Å². The van der Waals surface area contributed by atoms with E-state index in [0.29, 0.717) is 37.0 Å². The van der Waals surface area contributed by atoms with Crippen LogP contribution in [-0.4, -0.2) is 22.8 Å². The smallest absolute Gasteiger partial charge is 0.329 e. The number of hydrogen-bond donors (Lipinski definition) is 1. The molecule has 2 heterocycles. The summed E-state index contributed by atoms with van der Waals surface area (Å²) in [6.07, 6.45) is 1.42. The number of nitrogens with one attached hydrogen (secondary N) is 1. The van der Waals surface area contributed by atoms with Crippen LogP contribution in [0.1, 0.15) is 18.9 Å². The van der Waals surface area contributed by atoms with Crippen LogP contribution >= 0.6 is 0 Å². The summed E-state index contributed by atoms with van der Waals surface area (Å²) in [5.41, 5.74) is 0.0580. The minimum atomic E-state index is -0.328. The van der Waals surface area contributed by atoms with E-state index in [-0.39, 0.29) is 17.3 Å². The van der Waals surface area contributed by atoms with E-state index in [1.165, 1.54) is 4.57 Å². The maximum atomic E-state index is 12.4. The molecule has 1 N–H and O–H groups in total. The molecule has 0 unspecified atom stereocenters. The summed E-state index contributed by atoms with van der Waals surface area (Å²) in [6, 6.07) is 7.03. The zero-order chi connectivity index (χ0) is 12.5. The van der Waals surface area contributed by atoms with Gasteiger partial charge in [0.15, 0.2) is 0 Å². The van der Waals surface area contributed by atoms with Gasteiger partial charge < -0.3 is 9.72 Å². The number of benzene rings is 1. The van der Waals surface area contributed by atoms with E-state index in [1.807, 2.05) is 0 Å². The highest BCUT2D eigenvalue weighted by Crippen LogP contribution is 2.17. The molecule has 1 fully saturated rings. The quantitative estimate of drug-likeness (QED) is 0.817. The Bertz CT molecular complexity index is 680. The highest BCUT2D eigenvalue weighted by Gasteiger charge is 2.20. The lowest BCUT2D eigenvalue weighted by atomic mass is 10.1. The fourth-order valence-electron chi connectivity index (χ4n) is 2.45.